The molecule has 2 nitrogen and oxygen atoms in total. The topological polar surface area (TPSA) is 38.9 Å². The summed E-state index contributed by atoms with van der Waals surface area (Å²) in [5.74, 6) is 0. The van der Waals surface area contributed by atoms with Crippen LogP contribution in [-0.4, -0.2) is 4.98 Å². The highest BCUT2D eigenvalue weighted by atomic mass is 35.5. The first-order chi connectivity index (χ1) is 8.65. The molecule has 18 heavy (non-hydrogen) atoms. The molecule has 0 saturated heterocycles. The SMILES string of the molecule is NC1CCCc2sc(-c3ccc(Cl)c(Cl)c3)nc21. The van der Waals surface area contributed by atoms with Gasteiger partial charge in [0.2, 0.25) is 0 Å². The van der Waals surface area contributed by atoms with E-state index in [2.05, 4.69) is 4.98 Å². The highest BCUT2D eigenvalue weighted by Crippen LogP contribution is 2.37. The number of aryl methyl sites for hydroxylation is 1. The molecule has 94 valence electrons. The van der Waals surface area contributed by atoms with Gasteiger partial charge >= 0.3 is 0 Å². The molecule has 0 amide bonds. The fourth-order valence-corrected chi connectivity index (χ4v) is 3.67. The molecular weight excluding hydrogens is 287 g/mol. The van der Waals surface area contributed by atoms with Crippen LogP contribution >= 0.6 is 34.5 Å². The van der Waals surface area contributed by atoms with Gasteiger partial charge in [0.25, 0.3) is 0 Å². The van der Waals surface area contributed by atoms with Crippen LogP contribution in [0.4, 0.5) is 0 Å². The zero-order chi connectivity index (χ0) is 12.7. The molecule has 1 atom stereocenters. The Morgan fingerprint density at radius 1 is 1.28 bits per heavy atom. The summed E-state index contributed by atoms with van der Waals surface area (Å²) in [7, 11) is 0. The molecular formula is C13H12Cl2N2S. The van der Waals surface area contributed by atoms with E-state index < -0.39 is 0 Å². The van der Waals surface area contributed by atoms with Crippen molar-refractivity contribution in [2.75, 3.05) is 0 Å². The summed E-state index contributed by atoms with van der Waals surface area (Å²) in [5, 5.41) is 2.11. The van der Waals surface area contributed by atoms with Crippen molar-refractivity contribution in [3.05, 3.63) is 38.8 Å². The molecule has 1 aromatic heterocycles. The number of aromatic nitrogens is 1. The predicted octanol–water partition coefficient (Wildman–Crippen LogP) is 4.45. The Hall–Kier alpha value is -0.610. The lowest BCUT2D eigenvalue weighted by Crippen LogP contribution is -2.16. The summed E-state index contributed by atoms with van der Waals surface area (Å²) in [5.41, 5.74) is 8.16. The smallest absolute Gasteiger partial charge is 0.123 e. The summed E-state index contributed by atoms with van der Waals surface area (Å²) >= 11 is 13.7. The minimum atomic E-state index is 0.0847. The van der Waals surface area contributed by atoms with Crippen LogP contribution in [0.1, 0.15) is 29.5 Å². The molecule has 2 aromatic rings. The van der Waals surface area contributed by atoms with E-state index >= 15 is 0 Å². The van der Waals surface area contributed by atoms with Crippen LogP contribution in [0, 0.1) is 0 Å². The third kappa shape index (κ3) is 2.16. The molecule has 0 saturated carbocycles. The number of hydrogen-bond donors (Lipinski definition) is 1. The average Bonchev–Trinajstić information content (AvgIpc) is 2.78. The van der Waals surface area contributed by atoms with Gasteiger partial charge in [-0.3, -0.25) is 0 Å². The number of nitrogens with two attached hydrogens (primary N) is 1. The molecule has 2 N–H and O–H groups in total. The third-order valence-corrected chi connectivity index (χ3v) is 5.08. The van der Waals surface area contributed by atoms with Gasteiger partial charge in [-0.05, 0) is 31.4 Å². The molecule has 5 heteroatoms. The molecule has 3 rings (SSSR count). The number of nitrogens with zero attached hydrogens (tertiary/aromatic N) is 1. The molecule has 1 aliphatic rings. The number of halogens is 2. The van der Waals surface area contributed by atoms with E-state index in [4.69, 9.17) is 28.9 Å². The lowest BCUT2D eigenvalue weighted by Gasteiger charge is -2.15. The fourth-order valence-electron chi connectivity index (χ4n) is 2.20. The van der Waals surface area contributed by atoms with Crippen molar-refractivity contribution in [3.8, 4) is 10.6 Å². The zero-order valence-corrected chi connectivity index (χ0v) is 11.9. The average molecular weight is 299 g/mol. The number of fused-ring (bicyclic) bond motifs is 1. The van der Waals surface area contributed by atoms with Gasteiger partial charge < -0.3 is 5.73 Å². The fraction of sp³-hybridized carbons (Fsp3) is 0.308. The maximum Gasteiger partial charge on any atom is 0.123 e. The first-order valence-corrected chi connectivity index (χ1v) is 7.43. The zero-order valence-electron chi connectivity index (χ0n) is 9.62. The van der Waals surface area contributed by atoms with Crippen molar-refractivity contribution in [3.63, 3.8) is 0 Å². The van der Waals surface area contributed by atoms with Crippen LogP contribution in [0.15, 0.2) is 18.2 Å². The van der Waals surface area contributed by atoms with Gasteiger partial charge in [-0.25, -0.2) is 4.98 Å². The second-order valence-corrected chi connectivity index (χ2v) is 6.35. The molecule has 1 heterocycles. The van der Waals surface area contributed by atoms with E-state index in [1.807, 2.05) is 12.1 Å². The number of thiazole rings is 1. The lowest BCUT2D eigenvalue weighted by molar-refractivity contribution is 0.564. The monoisotopic (exact) mass is 298 g/mol. The largest absolute Gasteiger partial charge is 0.323 e. The predicted molar refractivity (Wildman–Crippen MR) is 77.4 cm³/mol. The molecule has 0 spiro atoms. The Kier molecular flexibility index (Phi) is 3.32. The van der Waals surface area contributed by atoms with E-state index in [1.54, 1.807) is 17.4 Å². The number of benzene rings is 1. The lowest BCUT2D eigenvalue weighted by atomic mass is 9.99. The van der Waals surface area contributed by atoms with Crippen LogP contribution < -0.4 is 5.73 Å². The van der Waals surface area contributed by atoms with Gasteiger partial charge in [-0.15, -0.1) is 11.3 Å². The molecule has 0 radical (unpaired) electrons. The highest BCUT2D eigenvalue weighted by Gasteiger charge is 2.22. The van der Waals surface area contributed by atoms with Crippen molar-refractivity contribution >= 4 is 34.5 Å². The quantitative estimate of drug-likeness (QED) is 0.844. The van der Waals surface area contributed by atoms with Crippen LogP contribution in [0.2, 0.25) is 10.0 Å². The van der Waals surface area contributed by atoms with Gasteiger partial charge in [-0.1, -0.05) is 29.3 Å². The van der Waals surface area contributed by atoms with E-state index in [0.29, 0.717) is 10.0 Å². The second-order valence-electron chi connectivity index (χ2n) is 4.46. The standard InChI is InChI=1S/C13H12Cl2N2S/c14-8-5-4-7(6-9(8)15)13-17-12-10(16)2-1-3-11(12)18-13/h4-6,10H,1-3,16H2. The Morgan fingerprint density at radius 2 is 2.11 bits per heavy atom. The van der Waals surface area contributed by atoms with Crippen molar-refractivity contribution in [2.45, 2.75) is 25.3 Å². The number of hydrogen-bond acceptors (Lipinski definition) is 3. The minimum Gasteiger partial charge on any atom is -0.323 e. The van der Waals surface area contributed by atoms with Gasteiger partial charge in [-0.2, -0.15) is 0 Å². The molecule has 1 aliphatic carbocycles. The van der Waals surface area contributed by atoms with Gasteiger partial charge in [0.1, 0.15) is 5.01 Å². The van der Waals surface area contributed by atoms with Crippen molar-refractivity contribution in [2.24, 2.45) is 5.73 Å². The first-order valence-electron chi connectivity index (χ1n) is 5.86. The number of rotatable bonds is 1. The van der Waals surface area contributed by atoms with Crippen LogP contribution in [0.25, 0.3) is 10.6 Å². The molecule has 0 bridgehead atoms. The molecule has 1 unspecified atom stereocenters. The maximum absolute atomic E-state index is 6.09. The first kappa shape index (κ1) is 12.4. The summed E-state index contributed by atoms with van der Waals surface area (Å²) < 4.78 is 0. The van der Waals surface area contributed by atoms with Crippen molar-refractivity contribution < 1.29 is 0 Å². The molecule has 0 fully saturated rings. The van der Waals surface area contributed by atoms with E-state index in [0.717, 1.165) is 35.5 Å². The normalized spacial score (nSPS) is 18.7. The maximum atomic E-state index is 6.09. The summed E-state index contributed by atoms with van der Waals surface area (Å²) in [6, 6.07) is 5.70. The Labute approximate surface area is 120 Å². The summed E-state index contributed by atoms with van der Waals surface area (Å²) in [6.07, 6.45) is 3.26. The molecule has 1 aromatic carbocycles. The summed E-state index contributed by atoms with van der Waals surface area (Å²) in [4.78, 5) is 5.98. The van der Waals surface area contributed by atoms with E-state index in [1.165, 1.54) is 4.88 Å². The van der Waals surface area contributed by atoms with E-state index in [9.17, 15) is 0 Å². The van der Waals surface area contributed by atoms with Gasteiger partial charge in [0, 0.05) is 16.5 Å². The van der Waals surface area contributed by atoms with Crippen LogP contribution in [0.3, 0.4) is 0 Å². The van der Waals surface area contributed by atoms with Crippen molar-refractivity contribution in [1.82, 2.24) is 4.98 Å². The minimum absolute atomic E-state index is 0.0847. The van der Waals surface area contributed by atoms with Gasteiger partial charge in [0.15, 0.2) is 0 Å². The van der Waals surface area contributed by atoms with Crippen LogP contribution in [-0.2, 0) is 6.42 Å². The Balaban J connectivity index is 2.04. The van der Waals surface area contributed by atoms with Crippen LogP contribution in [0.5, 0.6) is 0 Å². The highest BCUT2D eigenvalue weighted by molar-refractivity contribution is 7.15. The Bertz CT molecular complexity index is 595. The third-order valence-electron chi connectivity index (χ3n) is 3.16. The van der Waals surface area contributed by atoms with Crippen molar-refractivity contribution in [1.29, 1.82) is 0 Å². The molecule has 0 aliphatic heterocycles. The van der Waals surface area contributed by atoms with Gasteiger partial charge in [0.05, 0.1) is 15.7 Å². The Morgan fingerprint density at radius 3 is 2.83 bits per heavy atom. The summed E-state index contributed by atoms with van der Waals surface area (Å²) in [6.45, 7) is 0. The second kappa shape index (κ2) is 4.82. The van der Waals surface area contributed by atoms with E-state index in [-0.39, 0.29) is 6.04 Å².